The highest BCUT2D eigenvalue weighted by Crippen LogP contribution is 2.31. The summed E-state index contributed by atoms with van der Waals surface area (Å²) in [4.78, 5) is 29.3. The number of rotatable bonds is 16. The van der Waals surface area contributed by atoms with Gasteiger partial charge in [-0.2, -0.15) is 0 Å². The van der Waals surface area contributed by atoms with Crippen LogP contribution in [0.15, 0.2) is 123 Å². The van der Waals surface area contributed by atoms with Gasteiger partial charge in [-0.3, -0.25) is 9.97 Å². The van der Waals surface area contributed by atoms with Crippen molar-refractivity contribution in [1.82, 2.24) is 55.7 Å². The van der Waals surface area contributed by atoms with Crippen LogP contribution < -0.4 is 25.4 Å². The maximum atomic E-state index is 5.77. The normalized spacial score (nSPS) is 19.9. The molecule has 0 bridgehead atoms. The SMILES string of the molecule is C(=CC1CCNCC1)c1cncc(OCC2CC2)c1.C(=CC1CNC1)c1cncnc1.CN1CCC(C=Cc2ccc(Cl)nc2)CC1.CN1CCC(C=Cc2cncc(OCC3CC3)c2)CC1.Clc1ccc(C=CC2CCNCC2)cn1. The number of likely N-dealkylation sites (tertiary alicyclic amines) is 2. The van der Waals surface area contributed by atoms with Crippen molar-refractivity contribution in [2.24, 2.45) is 41.4 Å². The highest BCUT2D eigenvalue weighted by atomic mass is 35.5. The first kappa shape index (κ1) is 62.4. The Morgan fingerprint density at radius 3 is 1.18 bits per heavy atom. The van der Waals surface area contributed by atoms with Gasteiger partial charge in [0, 0.05) is 61.8 Å². The van der Waals surface area contributed by atoms with Gasteiger partial charge in [-0.05, 0) is 226 Å². The summed E-state index contributed by atoms with van der Waals surface area (Å²) in [5, 5.41) is 11.1. The van der Waals surface area contributed by atoms with Crippen LogP contribution >= 0.6 is 23.2 Å². The molecule has 2 aliphatic carbocycles. The monoisotopic (exact) mass is 1150 g/mol. The van der Waals surface area contributed by atoms with Gasteiger partial charge in [0.15, 0.2) is 0 Å². The van der Waals surface area contributed by atoms with E-state index in [1.165, 1.54) is 103 Å². The lowest BCUT2D eigenvalue weighted by molar-refractivity contribution is 0.244. The third-order valence-corrected chi connectivity index (χ3v) is 16.3. The van der Waals surface area contributed by atoms with Gasteiger partial charge >= 0.3 is 0 Å². The molecule has 5 aromatic rings. The molecule has 0 amide bonds. The Morgan fingerprint density at radius 1 is 0.427 bits per heavy atom. The first-order valence-electron chi connectivity index (χ1n) is 30.3. The molecule has 7 aliphatic rings. The lowest BCUT2D eigenvalue weighted by Crippen LogP contribution is -2.40. The highest BCUT2D eigenvalue weighted by molar-refractivity contribution is 6.29. The van der Waals surface area contributed by atoms with Gasteiger partial charge in [0.1, 0.15) is 28.1 Å². The summed E-state index contributed by atoms with van der Waals surface area (Å²) in [6.45, 7) is 13.3. The second-order valence-corrected chi connectivity index (χ2v) is 23.9. The maximum absolute atomic E-state index is 5.77. The molecule has 10 heterocycles. The topological polar surface area (TPSA) is 138 Å². The number of hydrogen-bond acceptors (Lipinski definition) is 13. The number of ether oxygens (including phenoxy) is 2. The molecule has 3 N–H and O–H groups in total. The molecule has 7 fully saturated rings. The third-order valence-electron chi connectivity index (χ3n) is 15.8. The predicted molar refractivity (Wildman–Crippen MR) is 339 cm³/mol. The van der Waals surface area contributed by atoms with Gasteiger partial charge in [-0.15, -0.1) is 0 Å². The van der Waals surface area contributed by atoms with Gasteiger partial charge in [0.25, 0.3) is 0 Å². The standard InChI is InChI=1S/C17H24N2O.C16H22N2O.C13H17ClN2.C12H15ClN2.C9H11N3/c1-19-8-6-14(7-9-19)2-5-16-10-17(12-18-11-16)20-13-15-3-4-15;1(13-5-7-17-8-6-13)4-15-9-16(11-18-10-15)19-12-14-2-3-14;1-16-8-6-11(7-9-16)2-3-12-4-5-13(14)15-10-12;13-12-4-3-11(9-15-12)2-1-10-5-7-14-8-6-10;1(8-3-10-4-8)2-9-5-11-7-12-6-9/h2,5,10-12,14-15H,3-4,6-9,13H2,1H3;1,4,9-11,13-14,17H,2-3,5-8,12H2;2-5,10-11H,6-9H2,1H3;1-4,9-10,14H,5-8H2;1-2,5-8,10H,3-4H2. The molecule has 0 atom stereocenters. The van der Waals surface area contributed by atoms with E-state index in [0.29, 0.717) is 39.9 Å². The molecule has 82 heavy (non-hydrogen) atoms. The molecule has 15 heteroatoms. The van der Waals surface area contributed by atoms with Crippen LogP contribution in [0.5, 0.6) is 11.5 Å². The fourth-order valence-corrected chi connectivity index (χ4v) is 10.00. The minimum absolute atomic E-state index is 0.550. The summed E-state index contributed by atoms with van der Waals surface area (Å²) < 4.78 is 11.5. The van der Waals surface area contributed by atoms with Crippen molar-refractivity contribution >= 4 is 53.6 Å². The highest BCUT2D eigenvalue weighted by Gasteiger charge is 2.23. The van der Waals surface area contributed by atoms with E-state index in [0.717, 1.165) is 104 Å². The number of hydrogen-bond donors (Lipinski definition) is 3. The lowest BCUT2D eigenvalue weighted by atomic mass is 9.96. The average Bonchev–Trinajstić information content (AvgIpc) is 4.47. The van der Waals surface area contributed by atoms with Crippen molar-refractivity contribution in [2.45, 2.75) is 77.0 Å². The number of halogens is 2. The van der Waals surface area contributed by atoms with E-state index in [9.17, 15) is 0 Å². The Bertz CT molecular complexity index is 2700. The summed E-state index contributed by atoms with van der Waals surface area (Å²) in [5.74, 6) is 6.92. The zero-order chi connectivity index (χ0) is 56.8. The van der Waals surface area contributed by atoms with E-state index in [-0.39, 0.29) is 0 Å². The fraction of sp³-hybridized carbons (Fsp3) is 0.493. The largest absolute Gasteiger partial charge is 0.492 e. The number of piperidine rings is 4. The molecule has 5 saturated heterocycles. The van der Waals surface area contributed by atoms with Gasteiger partial charge < -0.3 is 35.2 Å². The van der Waals surface area contributed by atoms with Crippen molar-refractivity contribution in [1.29, 1.82) is 0 Å². The Kier molecular flexibility index (Phi) is 27.0. The molecule has 5 aromatic heterocycles. The first-order chi connectivity index (χ1) is 40.2. The maximum Gasteiger partial charge on any atom is 0.138 e. The van der Waals surface area contributed by atoms with Gasteiger partial charge in [-0.25, -0.2) is 19.9 Å². The molecule has 12 rings (SSSR count). The van der Waals surface area contributed by atoms with Crippen LogP contribution in [-0.4, -0.2) is 132 Å². The molecular formula is C67H89Cl2N11O2. The van der Waals surface area contributed by atoms with Crippen molar-refractivity contribution in [3.05, 3.63) is 161 Å². The lowest BCUT2D eigenvalue weighted by Gasteiger charge is -2.26. The molecule has 0 aromatic carbocycles. The minimum Gasteiger partial charge on any atom is -0.492 e. The van der Waals surface area contributed by atoms with Gasteiger partial charge in [-0.1, -0.05) is 96.1 Å². The molecule has 5 aliphatic heterocycles. The second kappa shape index (κ2) is 35.5. The number of pyridine rings is 4. The zero-order valence-corrected chi connectivity index (χ0v) is 50.1. The van der Waals surface area contributed by atoms with Crippen molar-refractivity contribution in [3.63, 3.8) is 0 Å². The van der Waals surface area contributed by atoms with Crippen LogP contribution in [0.3, 0.4) is 0 Å². The quantitative estimate of drug-likeness (QED) is 0.0809. The Labute approximate surface area is 499 Å². The van der Waals surface area contributed by atoms with Crippen LogP contribution in [0.1, 0.15) is 105 Å². The van der Waals surface area contributed by atoms with Gasteiger partial charge in [0.05, 0.1) is 25.6 Å². The van der Waals surface area contributed by atoms with Crippen LogP contribution in [0, 0.1) is 41.4 Å². The molecule has 0 unspecified atom stereocenters. The summed E-state index contributed by atoms with van der Waals surface area (Å²) in [7, 11) is 4.38. The molecule has 13 nitrogen and oxygen atoms in total. The number of allylic oxidation sites excluding steroid dienone is 4. The van der Waals surface area contributed by atoms with E-state index in [1.807, 2.05) is 67.6 Å². The number of aromatic nitrogens is 6. The van der Waals surface area contributed by atoms with Crippen LogP contribution in [-0.2, 0) is 0 Å². The Morgan fingerprint density at radius 2 is 0.805 bits per heavy atom. The average molecular weight is 1150 g/mol. The van der Waals surface area contributed by atoms with Crippen molar-refractivity contribution in [2.75, 3.05) is 92.8 Å². The summed E-state index contributed by atoms with van der Waals surface area (Å²) >= 11 is 11.5. The predicted octanol–water partition coefficient (Wildman–Crippen LogP) is 12.7. The van der Waals surface area contributed by atoms with Gasteiger partial charge in [0.2, 0.25) is 0 Å². The summed E-state index contributed by atoms with van der Waals surface area (Å²) in [6, 6.07) is 11.8. The molecule has 438 valence electrons. The van der Waals surface area contributed by atoms with Crippen molar-refractivity contribution in [3.8, 4) is 11.5 Å². The summed E-state index contributed by atoms with van der Waals surface area (Å²) in [5.41, 5.74) is 5.62. The van der Waals surface area contributed by atoms with E-state index in [2.05, 4.69) is 143 Å². The number of nitrogens with one attached hydrogen (secondary N) is 3. The smallest absolute Gasteiger partial charge is 0.138 e. The second-order valence-electron chi connectivity index (χ2n) is 23.1. The van der Waals surface area contributed by atoms with Crippen molar-refractivity contribution < 1.29 is 9.47 Å². The molecular weight excluding hydrogens is 1060 g/mol. The molecule has 2 saturated carbocycles. The summed E-state index contributed by atoms with van der Waals surface area (Å²) in [6.07, 6.45) is 53.7. The third kappa shape index (κ3) is 25.5. The zero-order valence-electron chi connectivity index (χ0n) is 48.6. The van der Waals surface area contributed by atoms with Crippen LogP contribution in [0.25, 0.3) is 30.4 Å². The van der Waals surface area contributed by atoms with E-state index < -0.39 is 0 Å². The van der Waals surface area contributed by atoms with E-state index in [1.54, 1.807) is 12.5 Å². The van der Waals surface area contributed by atoms with E-state index in [4.69, 9.17) is 32.7 Å². The molecule has 0 radical (unpaired) electrons. The number of nitrogens with zero attached hydrogens (tertiary/aromatic N) is 8. The fourth-order valence-electron chi connectivity index (χ4n) is 9.78. The minimum atomic E-state index is 0.550. The van der Waals surface area contributed by atoms with E-state index >= 15 is 0 Å². The first-order valence-corrected chi connectivity index (χ1v) is 31.0. The Balaban J connectivity index is 0.000000136. The molecule has 0 spiro atoms. The Hall–Kier alpha value is -5.64. The van der Waals surface area contributed by atoms with Crippen LogP contribution in [0.2, 0.25) is 10.3 Å². The van der Waals surface area contributed by atoms with Crippen LogP contribution in [0.4, 0.5) is 0 Å².